The van der Waals surface area contributed by atoms with E-state index in [4.69, 9.17) is 16.3 Å². The van der Waals surface area contributed by atoms with Crippen molar-refractivity contribution in [3.8, 4) is 17.6 Å². The van der Waals surface area contributed by atoms with Gasteiger partial charge in [-0.3, -0.25) is 0 Å². The van der Waals surface area contributed by atoms with Crippen molar-refractivity contribution < 1.29 is 4.74 Å². The van der Waals surface area contributed by atoms with E-state index in [9.17, 15) is 0 Å². The maximum absolute atomic E-state index is 5.84. The normalized spacial score (nSPS) is 11.4. The van der Waals surface area contributed by atoms with Crippen molar-refractivity contribution in [2.45, 2.75) is 32.8 Å². The molecule has 16 heavy (non-hydrogen) atoms. The standard InChI is InChI=1S/C14H17ClO/c1-3-7-12(2)16-14-10-5-4-8-13(14)9-6-11-15/h4-5,8,10,12H,3,7,11H2,1-2H3. The molecule has 0 fully saturated rings. The SMILES string of the molecule is CCCC(C)Oc1ccccc1C#CCCl. The Morgan fingerprint density at radius 3 is 2.81 bits per heavy atom. The molecule has 0 bridgehead atoms. The van der Waals surface area contributed by atoms with Crippen LogP contribution in [0.2, 0.25) is 0 Å². The van der Waals surface area contributed by atoms with Crippen LogP contribution in [-0.4, -0.2) is 12.0 Å². The van der Waals surface area contributed by atoms with Gasteiger partial charge < -0.3 is 4.74 Å². The zero-order chi connectivity index (χ0) is 11.8. The molecule has 0 amide bonds. The molecular weight excluding hydrogens is 220 g/mol. The van der Waals surface area contributed by atoms with Gasteiger partial charge in [0.05, 0.1) is 17.5 Å². The van der Waals surface area contributed by atoms with Crippen molar-refractivity contribution in [2.75, 3.05) is 5.88 Å². The number of ether oxygens (including phenoxy) is 1. The second-order valence-corrected chi connectivity index (χ2v) is 3.92. The molecule has 1 rings (SSSR count). The van der Waals surface area contributed by atoms with Crippen molar-refractivity contribution in [2.24, 2.45) is 0 Å². The van der Waals surface area contributed by atoms with Gasteiger partial charge in [-0.05, 0) is 25.5 Å². The lowest BCUT2D eigenvalue weighted by molar-refractivity contribution is 0.209. The summed E-state index contributed by atoms with van der Waals surface area (Å²) in [6.07, 6.45) is 2.40. The Hall–Kier alpha value is -1.13. The van der Waals surface area contributed by atoms with Crippen LogP contribution in [0.1, 0.15) is 32.3 Å². The summed E-state index contributed by atoms with van der Waals surface area (Å²) in [4.78, 5) is 0. The van der Waals surface area contributed by atoms with Gasteiger partial charge in [0.1, 0.15) is 5.75 Å². The van der Waals surface area contributed by atoms with Crippen LogP contribution in [0.25, 0.3) is 0 Å². The summed E-state index contributed by atoms with van der Waals surface area (Å²) >= 11 is 5.54. The average molecular weight is 237 g/mol. The molecule has 86 valence electrons. The second-order valence-electron chi connectivity index (χ2n) is 3.65. The quantitative estimate of drug-likeness (QED) is 0.570. The van der Waals surface area contributed by atoms with Crippen LogP contribution in [-0.2, 0) is 0 Å². The average Bonchev–Trinajstić information content (AvgIpc) is 2.28. The molecule has 0 saturated carbocycles. The number of rotatable bonds is 4. The minimum Gasteiger partial charge on any atom is -0.489 e. The molecule has 0 heterocycles. The molecule has 0 aliphatic heterocycles. The molecular formula is C14H17ClO. The van der Waals surface area contributed by atoms with Gasteiger partial charge in [0, 0.05) is 0 Å². The third-order valence-corrected chi connectivity index (χ3v) is 2.33. The van der Waals surface area contributed by atoms with E-state index in [-0.39, 0.29) is 6.10 Å². The molecule has 1 unspecified atom stereocenters. The highest BCUT2D eigenvalue weighted by atomic mass is 35.5. The minimum atomic E-state index is 0.226. The Balaban J connectivity index is 2.78. The van der Waals surface area contributed by atoms with Gasteiger partial charge in [-0.15, -0.1) is 11.6 Å². The van der Waals surface area contributed by atoms with Crippen LogP contribution in [0.4, 0.5) is 0 Å². The molecule has 0 aromatic heterocycles. The first-order chi connectivity index (χ1) is 7.77. The van der Waals surface area contributed by atoms with Crippen LogP contribution in [0.3, 0.4) is 0 Å². The molecule has 1 atom stereocenters. The third kappa shape index (κ3) is 4.16. The van der Waals surface area contributed by atoms with Crippen LogP contribution in [0.5, 0.6) is 5.75 Å². The molecule has 0 aliphatic carbocycles. The van der Waals surface area contributed by atoms with Crippen LogP contribution in [0.15, 0.2) is 24.3 Å². The summed E-state index contributed by atoms with van der Waals surface area (Å²) in [6, 6.07) is 7.81. The summed E-state index contributed by atoms with van der Waals surface area (Å²) in [5.74, 6) is 7.04. The Kier molecular flexibility index (Phi) is 5.82. The Bertz CT molecular complexity index is 376. The Morgan fingerprint density at radius 2 is 2.12 bits per heavy atom. The van der Waals surface area contributed by atoms with Crippen molar-refractivity contribution in [1.29, 1.82) is 0 Å². The fraction of sp³-hybridized carbons (Fsp3) is 0.429. The fourth-order valence-corrected chi connectivity index (χ4v) is 1.55. The van der Waals surface area contributed by atoms with Gasteiger partial charge >= 0.3 is 0 Å². The zero-order valence-electron chi connectivity index (χ0n) is 9.79. The second kappa shape index (κ2) is 7.19. The third-order valence-electron chi connectivity index (χ3n) is 2.20. The highest BCUT2D eigenvalue weighted by molar-refractivity contribution is 6.19. The number of halogens is 1. The fourth-order valence-electron chi connectivity index (χ4n) is 1.48. The molecule has 0 radical (unpaired) electrons. The number of hydrogen-bond acceptors (Lipinski definition) is 1. The topological polar surface area (TPSA) is 9.23 Å². The largest absolute Gasteiger partial charge is 0.489 e. The number of alkyl halides is 1. The van der Waals surface area contributed by atoms with E-state index in [0.29, 0.717) is 5.88 Å². The highest BCUT2D eigenvalue weighted by Crippen LogP contribution is 2.19. The smallest absolute Gasteiger partial charge is 0.135 e. The molecule has 1 aromatic carbocycles. The van der Waals surface area contributed by atoms with Crippen molar-refractivity contribution in [1.82, 2.24) is 0 Å². The van der Waals surface area contributed by atoms with Crippen LogP contribution in [0, 0.1) is 11.8 Å². The summed E-state index contributed by atoms with van der Waals surface area (Å²) in [7, 11) is 0. The monoisotopic (exact) mass is 236 g/mol. The van der Waals surface area contributed by atoms with Gasteiger partial charge in [-0.2, -0.15) is 0 Å². The van der Waals surface area contributed by atoms with Gasteiger partial charge in [-0.1, -0.05) is 37.3 Å². The lowest BCUT2D eigenvalue weighted by Crippen LogP contribution is -2.11. The summed E-state index contributed by atoms with van der Waals surface area (Å²) in [5.41, 5.74) is 0.908. The highest BCUT2D eigenvalue weighted by Gasteiger charge is 2.05. The molecule has 0 spiro atoms. The predicted octanol–water partition coefficient (Wildman–Crippen LogP) is 3.84. The van der Waals surface area contributed by atoms with Crippen molar-refractivity contribution in [3.63, 3.8) is 0 Å². The molecule has 0 N–H and O–H groups in total. The van der Waals surface area contributed by atoms with Gasteiger partial charge in [-0.25, -0.2) is 0 Å². The van der Waals surface area contributed by atoms with E-state index in [1.54, 1.807) is 0 Å². The minimum absolute atomic E-state index is 0.226. The summed E-state index contributed by atoms with van der Waals surface area (Å²) in [6.45, 7) is 4.23. The maximum Gasteiger partial charge on any atom is 0.135 e. The predicted molar refractivity (Wildman–Crippen MR) is 69.0 cm³/mol. The molecule has 1 aromatic rings. The molecule has 0 saturated heterocycles. The molecule has 2 heteroatoms. The molecule has 0 aliphatic rings. The Morgan fingerprint density at radius 1 is 1.38 bits per heavy atom. The van der Waals surface area contributed by atoms with Gasteiger partial charge in [0.15, 0.2) is 0 Å². The first-order valence-electron chi connectivity index (χ1n) is 5.58. The number of hydrogen-bond donors (Lipinski definition) is 0. The van der Waals surface area contributed by atoms with E-state index in [0.717, 1.165) is 24.2 Å². The van der Waals surface area contributed by atoms with E-state index in [1.165, 1.54) is 0 Å². The van der Waals surface area contributed by atoms with Crippen LogP contribution >= 0.6 is 11.6 Å². The van der Waals surface area contributed by atoms with Gasteiger partial charge in [0.25, 0.3) is 0 Å². The molecule has 1 nitrogen and oxygen atoms in total. The maximum atomic E-state index is 5.84. The van der Waals surface area contributed by atoms with E-state index < -0.39 is 0 Å². The van der Waals surface area contributed by atoms with Gasteiger partial charge in [0.2, 0.25) is 0 Å². The van der Waals surface area contributed by atoms with Crippen LogP contribution < -0.4 is 4.74 Å². The first-order valence-corrected chi connectivity index (χ1v) is 6.12. The summed E-state index contributed by atoms with van der Waals surface area (Å²) < 4.78 is 5.84. The Labute approximate surface area is 103 Å². The van der Waals surface area contributed by atoms with E-state index in [2.05, 4.69) is 25.7 Å². The van der Waals surface area contributed by atoms with E-state index >= 15 is 0 Å². The van der Waals surface area contributed by atoms with Crippen molar-refractivity contribution in [3.05, 3.63) is 29.8 Å². The number of para-hydroxylation sites is 1. The van der Waals surface area contributed by atoms with Crippen molar-refractivity contribution >= 4 is 11.6 Å². The summed E-state index contributed by atoms with van der Waals surface area (Å²) in [5, 5.41) is 0. The van der Waals surface area contributed by atoms with E-state index in [1.807, 2.05) is 24.3 Å². The zero-order valence-corrected chi connectivity index (χ0v) is 10.6. The lowest BCUT2D eigenvalue weighted by Gasteiger charge is -2.14. The lowest BCUT2D eigenvalue weighted by atomic mass is 10.2. The number of benzene rings is 1. The first kappa shape index (κ1) is 12.9.